The number of Topliss-reactive ketones (excluding diaryl/α,β-unsaturated/α-hetero) is 1. The van der Waals surface area contributed by atoms with Crippen LogP contribution in [0.3, 0.4) is 0 Å². The number of esters is 1. The van der Waals surface area contributed by atoms with E-state index in [0.29, 0.717) is 6.42 Å². The summed E-state index contributed by atoms with van der Waals surface area (Å²) in [6.45, 7) is 2.85. The Hall–Kier alpha value is -0.900. The van der Waals surface area contributed by atoms with Crippen molar-refractivity contribution >= 4 is 28.6 Å². The molecule has 0 aromatic carbocycles. The van der Waals surface area contributed by atoms with Crippen LogP contribution >= 0.6 is 11.6 Å². The quantitative estimate of drug-likeness (QED) is 0.502. The average Bonchev–Trinajstić information content (AvgIpc) is 2.02. The van der Waals surface area contributed by atoms with Gasteiger partial charge in [-0.3, -0.25) is 14.4 Å². The van der Waals surface area contributed by atoms with E-state index in [1.807, 2.05) is 0 Å². The molecule has 0 spiro atoms. The van der Waals surface area contributed by atoms with Crippen molar-refractivity contribution in [3.05, 3.63) is 0 Å². The average molecular weight is 221 g/mol. The molecule has 0 rings (SSSR count). The van der Waals surface area contributed by atoms with Gasteiger partial charge in [-0.15, -0.1) is 0 Å². The number of carbonyl (C=O) groups excluding carboxylic acids is 3. The summed E-state index contributed by atoms with van der Waals surface area (Å²) >= 11 is 5.07. The van der Waals surface area contributed by atoms with Gasteiger partial charge >= 0.3 is 5.97 Å². The van der Waals surface area contributed by atoms with Crippen LogP contribution in [-0.4, -0.2) is 23.1 Å². The van der Waals surface area contributed by atoms with Crippen molar-refractivity contribution in [2.45, 2.75) is 39.2 Å². The third-order valence-corrected chi connectivity index (χ3v) is 1.82. The lowest BCUT2D eigenvalue weighted by molar-refractivity contribution is -0.153. The molecular weight excluding hydrogens is 208 g/mol. The minimum absolute atomic E-state index is 0.107. The van der Waals surface area contributed by atoms with Gasteiger partial charge in [0.25, 0.3) is 0 Å². The van der Waals surface area contributed by atoms with E-state index in [1.165, 1.54) is 13.8 Å². The Morgan fingerprint density at radius 2 is 1.86 bits per heavy atom. The first-order chi connectivity index (χ1) is 6.43. The molecular formula is C9H13ClO4. The topological polar surface area (TPSA) is 60.4 Å². The van der Waals surface area contributed by atoms with Gasteiger partial charge in [-0.25, -0.2) is 0 Å². The summed E-state index contributed by atoms with van der Waals surface area (Å²) in [5.41, 5.74) is 0. The van der Waals surface area contributed by atoms with Gasteiger partial charge in [0, 0.05) is 12.8 Å². The molecule has 80 valence electrons. The minimum atomic E-state index is -0.714. The predicted octanol–water partition coefficient (Wildman–Crippen LogP) is 1.44. The molecule has 0 aliphatic heterocycles. The second-order valence-electron chi connectivity index (χ2n) is 2.95. The van der Waals surface area contributed by atoms with Gasteiger partial charge in [-0.2, -0.15) is 0 Å². The molecule has 0 bridgehead atoms. The van der Waals surface area contributed by atoms with E-state index in [9.17, 15) is 14.4 Å². The molecule has 0 aliphatic carbocycles. The first-order valence-corrected chi connectivity index (χ1v) is 4.69. The molecule has 0 saturated heterocycles. The monoisotopic (exact) mass is 220 g/mol. The molecule has 0 amide bonds. The minimum Gasteiger partial charge on any atom is -0.455 e. The lowest BCUT2D eigenvalue weighted by Crippen LogP contribution is -2.21. The number of ether oxygens (including phenoxy) is 1. The Labute approximate surface area is 87.6 Å². The van der Waals surface area contributed by atoms with Crippen LogP contribution in [0.4, 0.5) is 0 Å². The summed E-state index contributed by atoms with van der Waals surface area (Å²) in [4.78, 5) is 32.0. The van der Waals surface area contributed by atoms with Gasteiger partial charge in [-0.05, 0) is 31.9 Å². The largest absolute Gasteiger partial charge is 0.455 e. The van der Waals surface area contributed by atoms with Crippen molar-refractivity contribution in [3.63, 3.8) is 0 Å². The number of carbonyl (C=O) groups is 3. The van der Waals surface area contributed by atoms with Crippen LogP contribution in [0.25, 0.3) is 0 Å². The lowest BCUT2D eigenvalue weighted by Gasteiger charge is -2.08. The van der Waals surface area contributed by atoms with Crippen LogP contribution in [0.2, 0.25) is 0 Å². The Morgan fingerprint density at radius 1 is 1.29 bits per heavy atom. The van der Waals surface area contributed by atoms with Gasteiger partial charge in [0.05, 0.1) is 0 Å². The molecule has 0 fully saturated rings. The van der Waals surface area contributed by atoms with Crippen molar-refractivity contribution in [2.24, 2.45) is 0 Å². The second kappa shape index (κ2) is 6.54. The van der Waals surface area contributed by atoms with Crippen LogP contribution in [0.1, 0.15) is 33.1 Å². The van der Waals surface area contributed by atoms with Crippen LogP contribution in [0.5, 0.6) is 0 Å². The lowest BCUT2D eigenvalue weighted by atomic mass is 10.2. The summed E-state index contributed by atoms with van der Waals surface area (Å²) < 4.78 is 4.75. The molecule has 0 radical (unpaired) electrons. The van der Waals surface area contributed by atoms with Crippen LogP contribution in [-0.2, 0) is 19.1 Å². The van der Waals surface area contributed by atoms with Crippen molar-refractivity contribution in [1.82, 2.24) is 0 Å². The molecule has 1 atom stereocenters. The summed E-state index contributed by atoms with van der Waals surface area (Å²) in [6.07, 6.45) is -0.110. The Morgan fingerprint density at radius 3 is 2.29 bits per heavy atom. The SMILES string of the molecule is CC(=O)C(C)OC(=O)CCCC(=O)Cl. The number of hydrogen-bond donors (Lipinski definition) is 0. The third-order valence-electron chi connectivity index (χ3n) is 1.63. The van der Waals surface area contributed by atoms with E-state index in [-0.39, 0.29) is 18.6 Å². The molecule has 1 unspecified atom stereocenters. The first kappa shape index (κ1) is 13.1. The maximum absolute atomic E-state index is 11.0. The molecule has 0 aromatic rings. The molecule has 5 heteroatoms. The second-order valence-corrected chi connectivity index (χ2v) is 3.37. The highest BCUT2D eigenvalue weighted by Gasteiger charge is 2.13. The van der Waals surface area contributed by atoms with Gasteiger partial charge in [-0.1, -0.05) is 0 Å². The number of hydrogen-bond acceptors (Lipinski definition) is 4. The number of ketones is 1. The summed E-state index contributed by atoms with van der Waals surface area (Å²) in [5.74, 6) is -0.683. The highest BCUT2D eigenvalue weighted by Crippen LogP contribution is 2.03. The summed E-state index contributed by atoms with van der Waals surface area (Å²) in [6, 6.07) is 0. The van der Waals surface area contributed by atoms with Crippen LogP contribution < -0.4 is 0 Å². The zero-order chi connectivity index (χ0) is 11.1. The Kier molecular flexibility index (Phi) is 6.12. The Balaban J connectivity index is 3.65. The fraction of sp³-hybridized carbons (Fsp3) is 0.667. The number of rotatable bonds is 6. The number of halogens is 1. The molecule has 0 N–H and O–H groups in total. The standard InChI is InChI=1S/C9H13ClO4/c1-6(11)7(2)14-9(13)5-3-4-8(10)12/h7H,3-5H2,1-2H3. The predicted molar refractivity (Wildman–Crippen MR) is 50.9 cm³/mol. The van der Waals surface area contributed by atoms with E-state index in [4.69, 9.17) is 16.3 Å². The van der Waals surface area contributed by atoms with Crippen molar-refractivity contribution in [2.75, 3.05) is 0 Å². The van der Waals surface area contributed by atoms with Crippen LogP contribution in [0.15, 0.2) is 0 Å². The third kappa shape index (κ3) is 6.60. The summed E-state index contributed by atoms with van der Waals surface area (Å²) in [5, 5.41) is -0.475. The zero-order valence-electron chi connectivity index (χ0n) is 8.21. The maximum Gasteiger partial charge on any atom is 0.306 e. The van der Waals surface area contributed by atoms with Crippen LogP contribution in [0, 0.1) is 0 Å². The Bertz CT molecular complexity index is 237. The highest BCUT2D eigenvalue weighted by atomic mass is 35.5. The fourth-order valence-electron chi connectivity index (χ4n) is 0.711. The molecule has 0 saturated carbocycles. The van der Waals surface area contributed by atoms with Gasteiger partial charge in [0.2, 0.25) is 5.24 Å². The van der Waals surface area contributed by atoms with Crippen molar-refractivity contribution in [3.8, 4) is 0 Å². The molecule has 0 aliphatic rings. The van der Waals surface area contributed by atoms with Gasteiger partial charge in [0.1, 0.15) is 0 Å². The first-order valence-electron chi connectivity index (χ1n) is 4.31. The van der Waals surface area contributed by atoms with Crippen molar-refractivity contribution in [1.29, 1.82) is 0 Å². The van der Waals surface area contributed by atoms with E-state index in [0.717, 1.165) is 0 Å². The van der Waals surface area contributed by atoms with E-state index < -0.39 is 17.3 Å². The van der Waals surface area contributed by atoms with Gasteiger partial charge in [0.15, 0.2) is 11.9 Å². The zero-order valence-corrected chi connectivity index (χ0v) is 8.97. The molecule has 4 nitrogen and oxygen atoms in total. The molecule has 14 heavy (non-hydrogen) atoms. The molecule has 0 aromatic heterocycles. The van der Waals surface area contributed by atoms with E-state index >= 15 is 0 Å². The fourth-order valence-corrected chi connectivity index (χ4v) is 0.844. The van der Waals surface area contributed by atoms with E-state index in [1.54, 1.807) is 0 Å². The van der Waals surface area contributed by atoms with Gasteiger partial charge < -0.3 is 4.74 Å². The highest BCUT2D eigenvalue weighted by molar-refractivity contribution is 6.63. The molecule has 0 heterocycles. The maximum atomic E-state index is 11.0. The smallest absolute Gasteiger partial charge is 0.306 e. The van der Waals surface area contributed by atoms with E-state index in [2.05, 4.69) is 0 Å². The summed E-state index contributed by atoms with van der Waals surface area (Å²) in [7, 11) is 0. The van der Waals surface area contributed by atoms with Crippen molar-refractivity contribution < 1.29 is 19.1 Å². The normalized spacial score (nSPS) is 11.9.